The van der Waals surface area contributed by atoms with Crippen LogP contribution >= 0.6 is 0 Å². The topological polar surface area (TPSA) is 71.5 Å². The van der Waals surface area contributed by atoms with Crippen LogP contribution in [0.15, 0.2) is 54.7 Å². The Labute approximate surface area is 181 Å². The molecule has 2 N–H and O–H groups in total. The Bertz CT molecular complexity index is 1070. The summed E-state index contributed by atoms with van der Waals surface area (Å²) in [6.45, 7) is 6.19. The smallest absolute Gasteiger partial charge is 0.257 e. The minimum atomic E-state index is -0.365. The summed E-state index contributed by atoms with van der Waals surface area (Å²) in [6, 6.07) is 14.0. The number of benzene rings is 2. The first kappa shape index (κ1) is 22.4. The Hall–Kier alpha value is -3.25. The fraction of sp³-hybridized carbons (Fsp3) is 0.280. The Morgan fingerprint density at radius 2 is 1.97 bits per heavy atom. The van der Waals surface area contributed by atoms with E-state index in [-0.39, 0.29) is 36.7 Å². The first-order valence-corrected chi connectivity index (χ1v) is 10.2. The van der Waals surface area contributed by atoms with Crippen LogP contribution in [-0.2, 0) is 13.2 Å². The molecule has 0 fully saturated rings. The van der Waals surface area contributed by atoms with Crippen LogP contribution in [0.2, 0.25) is 0 Å². The molecule has 0 spiro atoms. The lowest BCUT2D eigenvalue weighted by molar-refractivity contribution is 0.0945. The number of rotatable bonds is 8. The number of aryl methyl sites for hydroxylation is 1. The van der Waals surface area contributed by atoms with Gasteiger partial charge in [0.25, 0.3) is 5.91 Å². The molecule has 2 aromatic carbocycles. The van der Waals surface area contributed by atoms with Crippen molar-refractivity contribution in [3.63, 3.8) is 0 Å². The first-order valence-electron chi connectivity index (χ1n) is 10.2. The van der Waals surface area contributed by atoms with Gasteiger partial charge < -0.3 is 15.2 Å². The number of aromatic nitrogens is 1. The molecule has 0 aliphatic rings. The van der Waals surface area contributed by atoms with Gasteiger partial charge >= 0.3 is 0 Å². The maximum Gasteiger partial charge on any atom is 0.257 e. The molecule has 6 heteroatoms. The summed E-state index contributed by atoms with van der Waals surface area (Å²) >= 11 is 0. The summed E-state index contributed by atoms with van der Waals surface area (Å²) in [6.07, 6.45) is 1.64. The largest absolute Gasteiger partial charge is 0.477 e. The van der Waals surface area contributed by atoms with Gasteiger partial charge in [0, 0.05) is 18.3 Å². The van der Waals surface area contributed by atoms with Crippen molar-refractivity contribution in [2.75, 3.05) is 6.61 Å². The Balaban J connectivity index is 1.90. The molecule has 1 heterocycles. The number of amides is 1. The molecule has 0 aliphatic heterocycles. The van der Waals surface area contributed by atoms with Crippen molar-refractivity contribution in [1.82, 2.24) is 10.3 Å². The van der Waals surface area contributed by atoms with E-state index in [0.29, 0.717) is 28.9 Å². The second kappa shape index (κ2) is 10.2. The quantitative estimate of drug-likeness (QED) is 0.554. The van der Waals surface area contributed by atoms with E-state index in [0.717, 1.165) is 11.1 Å². The predicted molar refractivity (Wildman–Crippen MR) is 118 cm³/mol. The molecule has 0 saturated carbocycles. The number of carbonyl (C=O) groups is 1. The number of nitrogens with one attached hydrogen (secondary N) is 1. The van der Waals surface area contributed by atoms with Crippen molar-refractivity contribution in [2.24, 2.45) is 5.92 Å². The van der Waals surface area contributed by atoms with E-state index in [4.69, 9.17) is 4.74 Å². The maximum atomic E-state index is 13.8. The highest BCUT2D eigenvalue weighted by Gasteiger charge is 2.17. The third-order valence-corrected chi connectivity index (χ3v) is 4.84. The third-order valence-electron chi connectivity index (χ3n) is 4.84. The summed E-state index contributed by atoms with van der Waals surface area (Å²) in [4.78, 5) is 17.4. The zero-order valence-corrected chi connectivity index (χ0v) is 18.0. The summed E-state index contributed by atoms with van der Waals surface area (Å²) in [5, 5.41) is 12.5. The zero-order chi connectivity index (χ0) is 22.4. The fourth-order valence-electron chi connectivity index (χ4n) is 3.09. The van der Waals surface area contributed by atoms with Crippen molar-refractivity contribution in [1.29, 1.82) is 0 Å². The van der Waals surface area contributed by atoms with E-state index in [1.807, 2.05) is 38.1 Å². The fourth-order valence-corrected chi connectivity index (χ4v) is 3.09. The third kappa shape index (κ3) is 5.67. The average Bonchev–Trinajstić information content (AvgIpc) is 2.78. The van der Waals surface area contributed by atoms with Crippen molar-refractivity contribution in [3.05, 3.63) is 82.8 Å². The minimum Gasteiger partial charge on any atom is -0.477 e. The van der Waals surface area contributed by atoms with Gasteiger partial charge in [-0.25, -0.2) is 9.37 Å². The van der Waals surface area contributed by atoms with E-state index < -0.39 is 0 Å². The van der Waals surface area contributed by atoms with Gasteiger partial charge in [-0.2, -0.15) is 0 Å². The average molecular weight is 423 g/mol. The zero-order valence-electron chi connectivity index (χ0n) is 18.0. The maximum absolute atomic E-state index is 13.8. The minimum absolute atomic E-state index is 0.123. The number of hydrogen-bond acceptors (Lipinski definition) is 4. The number of carbonyl (C=O) groups excluding carboxylic acids is 1. The molecule has 0 radical (unpaired) electrons. The van der Waals surface area contributed by atoms with Crippen LogP contribution in [0.5, 0.6) is 5.88 Å². The van der Waals surface area contributed by atoms with Crippen molar-refractivity contribution < 1.29 is 19.0 Å². The Kier molecular flexibility index (Phi) is 7.36. The Morgan fingerprint density at radius 3 is 2.68 bits per heavy atom. The van der Waals surface area contributed by atoms with E-state index in [1.165, 1.54) is 6.07 Å². The molecule has 0 bridgehead atoms. The van der Waals surface area contributed by atoms with Crippen LogP contribution in [0.4, 0.5) is 4.39 Å². The van der Waals surface area contributed by atoms with Crippen LogP contribution in [0.1, 0.15) is 40.9 Å². The lowest BCUT2D eigenvalue weighted by Crippen LogP contribution is -2.24. The van der Waals surface area contributed by atoms with Crippen molar-refractivity contribution >= 4 is 5.91 Å². The second-order valence-electron chi connectivity index (χ2n) is 7.86. The molecule has 1 amide bonds. The van der Waals surface area contributed by atoms with E-state index in [2.05, 4.69) is 10.3 Å². The van der Waals surface area contributed by atoms with Crippen molar-refractivity contribution in [3.8, 4) is 17.0 Å². The summed E-state index contributed by atoms with van der Waals surface area (Å²) < 4.78 is 19.6. The number of aliphatic hydroxyl groups is 1. The molecule has 0 atom stereocenters. The number of pyridine rings is 1. The van der Waals surface area contributed by atoms with Crippen LogP contribution < -0.4 is 10.1 Å². The van der Waals surface area contributed by atoms with Gasteiger partial charge in [-0.3, -0.25) is 4.79 Å². The summed E-state index contributed by atoms with van der Waals surface area (Å²) in [7, 11) is 0. The first-order chi connectivity index (χ1) is 14.9. The van der Waals surface area contributed by atoms with Crippen LogP contribution in [-0.4, -0.2) is 22.6 Å². The normalized spacial score (nSPS) is 10.9. The van der Waals surface area contributed by atoms with Gasteiger partial charge in [-0.05, 0) is 47.2 Å². The molecule has 5 nitrogen and oxygen atoms in total. The summed E-state index contributed by atoms with van der Waals surface area (Å²) in [5.41, 5.74) is 3.74. The molecule has 1 aromatic heterocycles. The van der Waals surface area contributed by atoms with E-state index in [9.17, 15) is 14.3 Å². The van der Waals surface area contributed by atoms with Crippen LogP contribution in [0.25, 0.3) is 11.1 Å². The molecular formula is C25H27FN2O3. The molecule has 0 unspecified atom stereocenters. The van der Waals surface area contributed by atoms with Crippen LogP contribution in [0, 0.1) is 18.7 Å². The standard InChI is InChI=1S/C25H27FN2O3/c1-16(2)15-31-25-22(24(30)27-12-18-9-8-17(3)23(26)10-18)11-20(13-28-25)21-7-5-4-6-19(21)14-29/h4-11,13,16,29H,12,14-15H2,1-3H3,(H,27,30). The summed E-state index contributed by atoms with van der Waals surface area (Å²) in [5.74, 6) is -0.165. The molecule has 0 aliphatic carbocycles. The molecule has 31 heavy (non-hydrogen) atoms. The second-order valence-corrected chi connectivity index (χ2v) is 7.86. The van der Waals surface area contributed by atoms with E-state index >= 15 is 0 Å². The molecule has 162 valence electrons. The highest BCUT2D eigenvalue weighted by atomic mass is 19.1. The highest BCUT2D eigenvalue weighted by molar-refractivity contribution is 5.97. The highest BCUT2D eigenvalue weighted by Crippen LogP contribution is 2.27. The Morgan fingerprint density at radius 1 is 1.19 bits per heavy atom. The number of aliphatic hydroxyl groups excluding tert-OH is 1. The number of nitrogens with zero attached hydrogens (tertiary/aromatic N) is 1. The van der Waals surface area contributed by atoms with Crippen LogP contribution in [0.3, 0.4) is 0 Å². The van der Waals surface area contributed by atoms with Gasteiger partial charge in [0.15, 0.2) is 0 Å². The molecule has 3 rings (SSSR count). The van der Waals surface area contributed by atoms with Gasteiger partial charge in [-0.1, -0.05) is 50.2 Å². The van der Waals surface area contributed by atoms with Crippen molar-refractivity contribution in [2.45, 2.75) is 33.9 Å². The van der Waals surface area contributed by atoms with Gasteiger partial charge in [-0.15, -0.1) is 0 Å². The lowest BCUT2D eigenvalue weighted by atomic mass is 10.00. The number of hydrogen-bond donors (Lipinski definition) is 2. The van der Waals surface area contributed by atoms with Gasteiger partial charge in [0.05, 0.1) is 13.2 Å². The van der Waals surface area contributed by atoms with Gasteiger partial charge in [0.2, 0.25) is 5.88 Å². The monoisotopic (exact) mass is 422 g/mol. The molecule has 3 aromatic rings. The number of halogens is 1. The lowest BCUT2D eigenvalue weighted by Gasteiger charge is -2.15. The van der Waals surface area contributed by atoms with E-state index in [1.54, 1.807) is 31.3 Å². The number of ether oxygens (including phenoxy) is 1. The van der Waals surface area contributed by atoms with Gasteiger partial charge in [0.1, 0.15) is 11.4 Å². The molecule has 0 saturated heterocycles. The molecular weight excluding hydrogens is 395 g/mol. The SMILES string of the molecule is Cc1ccc(CNC(=O)c2cc(-c3ccccc3CO)cnc2OCC(C)C)cc1F. The predicted octanol–water partition coefficient (Wildman–Crippen LogP) is 4.65.